The number of halogens is 1. The molecular weight excluding hydrogens is 312 g/mol. The van der Waals surface area contributed by atoms with Crippen LogP contribution >= 0.6 is 11.6 Å². The van der Waals surface area contributed by atoms with E-state index in [0.29, 0.717) is 13.0 Å². The number of carbonyl (C=O) groups is 1. The standard InChI is InChI=1S/C14H19ClN2O3S/c1-2-3-8-17(11-7-9-21(19,20)10-11)14(18)12-5-4-6-13(15)16-12/h4-6,11H,2-3,7-10H2,1H3. The first-order valence-corrected chi connectivity index (χ1v) is 9.27. The van der Waals surface area contributed by atoms with Crippen molar-refractivity contribution in [2.75, 3.05) is 18.1 Å². The Hall–Kier alpha value is -1.14. The Labute approximate surface area is 130 Å². The van der Waals surface area contributed by atoms with Crippen LogP contribution in [0.5, 0.6) is 0 Å². The van der Waals surface area contributed by atoms with Crippen molar-refractivity contribution in [1.29, 1.82) is 0 Å². The third kappa shape index (κ3) is 4.17. The summed E-state index contributed by atoms with van der Waals surface area (Å²) in [4.78, 5) is 18.3. The first kappa shape index (κ1) is 16.2. The summed E-state index contributed by atoms with van der Waals surface area (Å²) < 4.78 is 23.3. The molecule has 116 valence electrons. The number of hydrogen-bond donors (Lipinski definition) is 0. The molecule has 1 saturated heterocycles. The molecule has 0 bridgehead atoms. The third-order valence-electron chi connectivity index (χ3n) is 3.60. The molecule has 0 aromatic carbocycles. The number of aromatic nitrogens is 1. The fourth-order valence-corrected chi connectivity index (χ4v) is 4.37. The fourth-order valence-electron chi connectivity index (χ4n) is 2.47. The van der Waals surface area contributed by atoms with Gasteiger partial charge >= 0.3 is 0 Å². The molecule has 1 amide bonds. The highest BCUT2D eigenvalue weighted by Gasteiger charge is 2.35. The molecule has 1 fully saturated rings. The smallest absolute Gasteiger partial charge is 0.272 e. The van der Waals surface area contributed by atoms with Crippen LogP contribution in [0.1, 0.15) is 36.7 Å². The Morgan fingerprint density at radius 3 is 2.81 bits per heavy atom. The molecule has 1 atom stereocenters. The van der Waals surface area contributed by atoms with Crippen molar-refractivity contribution in [1.82, 2.24) is 9.88 Å². The summed E-state index contributed by atoms with van der Waals surface area (Å²) in [5.74, 6) is -0.0485. The lowest BCUT2D eigenvalue weighted by atomic mass is 10.1. The van der Waals surface area contributed by atoms with Gasteiger partial charge < -0.3 is 4.90 Å². The van der Waals surface area contributed by atoms with Gasteiger partial charge in [-0.1, -0.05) is 31.0 Å². The van der Waals surface area contributed by atoms with E-state index in [4.69, 9.17) is 11.6 Å². The average Bonchev–Trinajstić information content (AvgIpc) is 2.79. The maximum Gasteiger partial charge on any atom is 0.272 e. The Kier molecular flexibility index (Phi) is 5.22. The van der Waals surface area contributed by atoms with Gasteiger partial charge in [-0.15, -0.1) is 0 Å². The number of hydrogen-bond acceptors (Lipinski definition) is 4. The van der Waals surface area contributed by atoms with E-state index in [1.165, 1.54) is 0 Å². The minimum Gasteiger partial charge on any atom is -0.333 e. The van der Waals surface area contributed by atoms with E-state index in [-0.39, 0.29) is 34.3 Å². The highest BCUT2D eigenvalue weighted by Crippen LogP contribution is 2.20. The summed E-state index contributed by atoms with van der Waals surface area (Å²) >= 11 is 5.83. The number of pyridine rings is 1. The molecule has 0 radical (unpaired) electrons. The summed E-state index contributed by atoms with van der Waals surface area (Å²) in [5.41, 5.74) is 0.267. The van der Waals surface area contributed by atoms with Crippen LogP contribution in [0.4, 0.5) is 0 Å². The van der Waals surface area contributed by atoms with Gasteiger partial charge in [0.25, 0.3) is 5.91 Å². The molecule has 1 aromatic heterocycles. The van der Waals surface area contributed by atoms with Gasteiger partial charge in [0.2, 0.25) is 0 Å². The van der Waals surface area contributed by atoms with Crippen LogP contribution in [0.25, 0.3) is 0 Å². The Morgan fingerprint density at radius 2 is 2.24 bits per heavy atom. The van der Waals surface area contributed by atoms with Gasteiger partial charge in [-0.05, 0) is 25.0 Å². The minimum absolute atomic E-state index is 0.0447. The molecule has 0 saturated carbocycles. The van der Waals surface area contributed by atoms with E-state index in [0.717, 1.165) is 12.8 Å². The monoisotopic (exact) mass is 330 g/mol. The second kappa shape index (κ2) is 6.75. The Bertz CT molecular complexity index is 618. The topological polar surface area (TPSA) is 67.3 Å². The normalized spacial score (nSPS) is 20.4. The largest absolute Gasteiger partial charge is 0.333 e. The van der Waals surface area contributed by atoms with E-state index >= 15 is 0 Å². The van der Waals surface area contributed by atoms with Crippen molar-refractivity contribution in [3.63, 3.8) is 0 Å². The van der Waals surface area contributed by atoms with Gasteiger partial charge in [0.1, 0.15) is 10.8 Å². The zero-order valence-corrected chi connectivity index (χ0v) is 13.5. The molecule has 1 aliphatic rings. The highest BCUT2D eigenvalue weighted by molar-refractivity contribution is 7.91. The molecule has 2 rings (SSSR count). The Morgan fingerprint density at radius 1 is 1.48 bits per heavy atom. The van der Waals surface area contributed by atoms with Crippen molar-refractivity contribution < 1.29 is 13.2 Å². The van der Waals surface area contributed by atoms with Gasteiger partial charge in [-0.2, -0.15) is 0 Å². The van der Waals surface area contributed by atoms with Crippen molar-refractivity contribution in [3.05, 3.63) is 29.0 Å². The summed E-state index contributed by atoms with van der Waals surface area (Å²) in [6, 6.07) is 4.63. The van der Waals surface area contributed by atoms with E-state index < -0.39 is 9.84 Å². The molecule has 2 heterocycles. The molecule has 0 spiro atoms. The van der Waals surface area contributed by atoms with E-state index in [1.807, 2.05) is 6.92 Å². The summed E-state index contributed by atoms with van der Waals surface area (Å²) in [5, 5.41) is 0.260. The van der Waals surface area contributed by atoms with Gasteiger partial charge in [0.15, 0.2) is 9.84 Å². The van der Waals surface area contributed by atoms with Crippen molar-refractivity contribution in [2.24, 2.45) is 0 Å². The number of carbonyl (C=O) groups excluding carboxylic acids is 1. The first-order valence-electron chi connectivity index (χ1n) is 7.07. The molecule has 1 aliphatic heterocycles. The SMILES string of the molecule is CCCCN(C(=O)c1cccc(Cl)n1)C1CCS(=O)(=O)C1. The molecule has 21 heavy (non-hydrogen) atoms. The molecule has 1 aromatic rings. The van der Waals surface area contributed by atoms with Crippen molar-refractivity contribution in [3.8, 4) is 0 Å². The van der Waals surface area contributed by atoms with Gasteiger partial charge in [0, 0.05) is 12.6 Å². The Balaban J connectivity index is 2.21. The second-order valence-electron chi connectivity index (χ2n) is 5.25. The maximum atomic E-state index is 12.6. The maximum absolute atomic E-state index is 12.6. The lowest BCUT2D eigenvalue weighted by Crippen LogP contribution is -2.42. The molecule has 0 aliphatic carbocycles. The van der Waals surface area contributed by atoms with Crippen molar-refractivity contribution >= 4 is 27.3 Å². The van der Waals surface area contributed by atoms with Crippen LogP contribution in [0.3, 0.4) is 0 Å². The number of unbranched alkanes of at least 4 members (excludes halogenated alkanes) is 1. The highest BCUT2D eigenvalue weighted by atomic mass is 35.5. The lowest BCUT2D eigenvalue weighted by Gasteiger charge is -2.28. The summed E-state index contributed by atoms with van der Waals surface area (Å²) in [6.45, 7) is 2.58. The van der Waals surface area contributed by atoms with Crippen LogP contribution in [-0.2, 0) is 9.84 Å². The number of nitrogens with zero attached hydrogens (tertiary/aromatic N) is 2. The predicted octanol–water partition coefficient (Wildman–Crippen LogP) is 2.16. The lowest BCUT2D eigenvalue weighted by molar-refractivity contribution is 0.0688. The van der Waals surface area contributed by atoms with Crippen LogP contribution in [0.2, 0.25) is 5.15 Å². The zero-order valence-electron chi connectivity index (χ0n) is 12.0. The minimum atomic E-state index is -3.03. The van der Waals surface area contributed by atoms with Gasteiger partial charge in [0.05, 0.1) is 11.5 Å². The van der Waals surface area contributed by atoms with E-state index in [2.05, 4.69) is 4.98 Å². The van der Waals surface area contributed by atoms with E-state index in [9.17, 15) is 13.2 Å². The fraction of sp³-hybridized carbons (Fsp3) is 0.571. The third-order valence-corrected chi connectivity index (χ3v) is 5.56. The zero-order chi connectivity index (χ0) is 15.5. The summed E-state index contributed by atoms with van der Waals surface area (Å²) in [6.07, 6.45) is 2.27. The molecular formula is C14H19ClN2O3S. The molecule has 1 unspecified atom stereocenters. The summed E-state index contributed by atoms with van der Waals surface area (Å²) in [7, 11) is -3.03. The van der Waals surface area contributed by atoms with Gasteiger partial charge in [-0.25, -0.2) is 13.4 Å². The van der Waals surface area contributed by atoms with Crippen LogP contribution in [-0.4, -0.2) is 48.3 Å². The van der Waals surface area contributed by atoms with Crippen molar-refractivity contribution in [2.45, 2.75) is 32.2 Å². The predicted molar refractivity (Wildman–Crippen MR) is 82.3 cm³/mol. The van der Waals surface area contributed by atoms with Crippen LogP contribution in [0.15, 0.2) is 18.2 Å². The first-order chi connectivity index (χ1) is 9.93. The number of amides is 1. The molecule has 0 N–H and O–H groups in total. The number of sulfone groups is 1. The molecule has 7 heteroatoms. The number of rotatable bonds is 5. The molecule has 5 nitrogen and oxygen atoms in total. The quantitative estimate of drug-likeness (QED) is 0.776. The van der Waals surface area contributed by atoms with E-state index in [1.54, 1.807) is 23.1 Å². The van der Waals surface area contributed by atoms with Gasteiger partial charge in [-0.3, -0.25) is 4.79 Å². The van der Waals surface area contributed by atoms with Crippen LogP contribution < -0.4 is 0 Å². The van der Waals surface area contributed by atoms with Crippen LogP contribution in [0, 0.1) is 0 Å². The second-order valence-corrected chi connectivity index (χ2v) is 7.87. The average molecular weight is 331 g/mol.